The van der Waals surface area contributed by atoms with Crippen LogP contribution >= 0.6 is 0 Å². The summed E-state index contributed by atoms with van der Waals surface area (Å²) in [5, 5.41) is 29.3. The Morgan fingerprint density at radius 1 is 0.975 bits per heavy atom. The number of nitrogens with zero attached hydrogens (tertiary/aromatic N) is 4. The zero-order valence-electron chi connectivity index (χ0n) is 21.5. The molecule has 0 radical (unpaired) electrons. The third kappa shape index (κ3) is 4.26. The standard InChI is InChI=1S/C30H28N6O4/c37-14-23-26(38)24(35-29(39)21-10-9-17-5-1-2-6-18(17)11-21)30(40-23)36-16-33-25-27(31-15-32-28(25)36)34-22-12-19-7-3-4-8-20(19)13-22/h1-11,15-16,22-24,26,30,37-38H,12-14H2,(H,35,39)(H,31,32,34)/t23-,24-,26-,30-/m1/s1. The number of carbonyl (C=O) groups excluding carboxylic acids is 1. The van der Waals surface area contributed by atoms with E-state index in [0.717, 1.165) is 23.6 Å². The van der Waals surface area contributed by atoms with E-state index in [9.17, 15) is 15.0 Å². The van der Waals surface area contributed by atoms with Gasteiger partial charge in [0.05, 0.1) is 12.9 Å². The molecule has 10 heteroatoms. The first-order valence-corrected chi connectivity index (χ1v) is 13.3. The van der Waals surface area contributed by atoms with Crippen molar-refractivity contribution >= 4 is 33.7 Å². The maximum Gasteiger partial charge on any atom is 0.251 e. The minimum Gasteiger partial charge on any atom is -0.394 e. The number of hydrogen-bond donors (Lipinski definition) is 4. The lowest BCUT2D eigenvalue weighted by Crippen LogP contribution is -2.46. The molecule has 202 valence electrons. The number of benzene rings is 3. The first kappa shape index (κ1) is 24.6. The van der Waals surface area contributed by atoms with Crippen molar-refractivity contribution in [2.24, 2.45) is 0 Å². The van der Waals surface area contributed by atoms with Crippen molar-refractivity contribution in [3.05, 3.63) is 96.1 Å². The number of rotatable bonds is 6. The lowest BCUT2D eigenvalue weighted by Gasteiger charge is -2.23. The largest absolute Gasteiger partial charge is 0.394 e. The summed E-state index contributed by atoms with van der Waals surface area (Å²) in [4.78, 5) is 26.8. The molecule has 1 aliphatic heterocycles. The number of hydrogen-bond acceptors (Lipinski definition) is 8. The van der Waals surface area contributed by atoms with Gasteiger partial charge in [-0.25, -0.2) is 15.0 Å². The smallest absolute Gasteiger partial charge is 0.251 e. The Morgan fingerprint density at radius 3 is 2.50 bits per heavy atom. The van der Waals surface area contributed by atoms with Crippen LogP contribution in [0.1, 0.15) is 27.7 Å². The molecule has 0 spiro atoms. The number of amides is 1. The van der Waals surface area contributed by atoms with E-state index in [2.05, 4.69) is 49.9 Å². The number of ether oxygens (including phenoxy) is 1. The van der Waals surface area contributed by atoms with E-state index in [4.69, 9.17) is 4.74 Å². The van der Waals surface area contributed by atoms with Crippen LogP contribution in [0.2, 0.25) is 0 Å². The summed E-state index contributed by atoms with van der Waals surface area (Å²) in [6.07, 6.45) is 1.93. The van der Waals surface area contributed by atoms with Gasteiger partial charge in [0.25, 0.3) is 5.91 Å². The monoisotopic (exact) mass is 536 g/mol. The Balaban J connectivity index is 1.16. The summed E-state index contributed by atoms with van der Waals surface area (Å²) in [5.74, 6) is 0.250. The molecular weight excluding hydrogens is 508 g/mol. The van der Waals surface area contributed by atoms with E-state index in [1.807, 2.05) is 36.4 Å². The summed E-state index contributed by atoms with van der Waals surface area (Å²) < 4.78 is 7.71. The fourth-order valence-corrected chi connectivity index (χ4v) is 5.85. The van der Waals surface area contributed by atoms with Crippen LogP contribution in [0.25, 0.3) is 21.9 Å². The summed E-state index contributed by atoms with van der Waals surface area (Å²) in [5.41, 5.74) is 4.16. The predicted molar refractivity (Wildman–Crippen MR) is 149 cm³/mol. The molecule has 0 saturated carbocycles. The lowest BCUT2D eigenvalue weighted by molar-refractivity contribution is -0.0440. The molecule has 4 N–H and O–H groups in total. The van der Waals surface area contributed by atoms with Gasteiger partial charge in [-0.15, -0.1) is 0 Å². The zero-order chi connectivity index (χ0) is 27.2. The van der Waals surface area contributed by atoms with Gasteiger partial charge < -0.3 is 25.6 Å². The fourth-order valence-electron chi connectivity index (χ4n) is 5.85. The molecular formula is C30H28N6O4. The molecule has 7 rings (SSSR count). The molecule has 1 aliphatic carbocycles. The van der Waals surface area contributed by atoms with Gasteiger partial charge in [-0.2, -0.15) is 0 Å². The van der Waals surface area contributed by atoms with Crippen molar-refractivity contribution in [2.75, 3.05) is 11.9 Å². The first-order valence-electron chi connectivity index (χ1n) is 13.3. The summed E-state index contributed by atoms with van der Waals surface area (Å²) in [6.45, 7) is -0.406. The van der Waals surface area contributed by atoms with Gasteiger partial charge in [-0.1, -0.05) is 54.6 Å². The third-order valence-corrected chi connectivity index (χ3v) is 7.88. The maximum absolute atomic E-state index is 13.3. The van der Waals surface area contributed by atoms with E-state index < -0.39 is 31.1 Å². The van der Waals surface area contributed by atoms with Crippen molar-refractivity contribution in [3.63, 3.8) is 0 Å². The SMILES string of the molecule is O=C(N[C@@H]1[C@H](O)[C@@H](CO)O[C@H]1n1cnc2c(NC3Cc4ccccc4C3)ncnc21)c1ccc2ccccc2c1. The van der Waals surface area contributed by atoms with E-state index in [1.54, 1.807) is 17.0 Å². The minimum absolute atomic E-state index is 0.179. The van der Waals surface area contributed by atoms with Crippen LogP contribution in [0, 0.1) is 0 Å². The number of fused-ring (bicyclic) bond motifs is 3. The van der Waals surface area contributed by atoms with Crippen LogP contribution in [0.5, 0.6) is 0 Å². The average molecular weight is 537 g/mol. The molecule has 0 unspecified atom stereocenters. The number of aromatic nitrogens is 4. The highest BCUT2D eigenvalue weighted by molar-refractivity contribution is 5.98. The van der Waals surface area contributed by atoms with Crippen LogP contribution in [0.15, 0.2) is 79.4 Å². The normalized spacial score (nSPS) is 22.6. The van der Waals surface area contributed by atoms with Gasteiger partial charge >= 0.3 is 0 Å². The Morgan fingerprint density at radius 2 is 1.73 bits per heavy atom. The minimum atomic E-state index is -1.15. The molecule has 5 aromatic rings. The van der Waals surface area contributed by atoms with Gasteiger partial charge in [0.15, 0.2) is 23.2 Å². The van der Waals surface area contributed by atoms with Crippen LogP contribution < -0.4 is 10.6 Å². The predicted octanol–water partition coefficient (Wildman–Crippen LogP) is 2.61. The van der Waals surface area contributed by atoms with Crippen LogP contribution in [-0.2, 0) is 17.6 Å². The second kappa shape index (κ2) is 9.98. The molecule has 2 aromatic heterocycles. The summed E-state index contributed by atoms with van der Waals surface area (Å²) in [7, 11) is 0. The van der Waals surface area contributed by atoms with Crippen molar-refractivity contribution < 1.29 is 19.7 Å². The van der Waals surface area contributed by atoms with E-state index in [-0.39, 0.29) is 11.9 Å². The molecule has 0 bridgehead atoms. The Bertz CT molecular complexity index is 1700. The Kier molecular flexibility index (Phi) is 6.15. The van der Waals surface area contributed by atoms with Crippen molar-refractivity contribution in [3.8, 4) is 0 Å². The maximum atomic E-state index is 13.3. The number of aliphatic hydroxyl groups excluding tert-OH is 2. The molecule has 2 aliphatic rings. The summed E-state index contributed by atoms with van der Waals surface area (Å²) in [6, 6.07) is 20.9. The second-order valence-electron chi connectivity index (χ2n) is 10.4. The molecule has 3 heterocycles. The van der Waals surface area contributed by atoms with Crippen molar-refractivity contribution in [1.82, 2.24) is 24.8 Å². The Hall–Kier alpha value is -4.38. The molecule has 1 saturated heterocycles. The topological polar surface area (TPSA) is 134 Å². The highest BCUT2D eigenvalue weighted by Crippen LogP contribution is 2.33. The lowest BCUT2D eigenvalue weighted by atomic mass is 10.0. The van der Waals surface area contributed by atoms with Crippen LogP contribution in [-0.4, -0.2) is 66.5 Å². The molecule has 1 amide bonds. The van der Waals surface area contributed by atoms with E-state index in [1.165, 1.54) is 17.5 Å². The number of nitrogens with one attached hydrogen (secondary N) is 2. The highest BCUT2D eigenvalue weighted by Gasteiger charge is 2.46. The fraction of sp³-hybridized carbons (Fsp3) is 0.267. The van der Waals surface area contributed by atoms with Gasteiger partial charge in [0.1, 0.15) is 24.6 Å². The Labute approximate surface area is 229 Å². The summed E-state index contributed by atoms with van der Waals surface area (Å²) >= 11 is 0. The number of imidazole rings is 1. The van der Waals surface area contributed by atoms with Gasteiger partial charge in [0.2, 0.25) is 0 Å². The number of anilines is 1. The van der Waals surface area contributed by atoms with Crippen molar-refractivity contribution in [1.29, 1.82) is 0 Å². The van der Waals surface area contributed by atoms with Crippen molar-refractivity contribution in [2.45, 2.75) is 43.4 Å². The highest BCUT2D eigenvalue weighted by atomic mass is 16.5. The number of carbonyl (C=O) groups is 1. The molecule has 10 nitrogen and oxygen atoms in total. The van der Waals surface area contributed by atoms with Crippen LogP contribution in [0.4, 0.5) is 5.82 Å². The quantitative estimate of drug-likeness (QED) is 0.260. The van der Waals surface area contributed by atoms with Gasteiger partial charge in [-0.05, 0) is 46.9 Å². The molecule has 4 atom stereocenters. The number of aliphatic hydroxyl groups is 2. The van der Waals surface area contributed by atoms with Gasteiger partial charge in [0, 0.05) is 11.6 Å². The van der Waals surface area contributed by atoms with E-state index >= 15 is 0 Å². The van der Waals surface area contributed by atoms with Crippen LogP contribution in [0.3, 0.4) is 0 Å². The first-order chi connectivity index (χ1) is 19.6. The molecule has 3 aromatic carbocycles. The van der Waals surface area contributed by atoms with Gasteiger partial charge in [-0.3, -0.25) is 9.36 Å². The third-order valence-electron chi connectivity index (χ3n) is 7.88. The molecule has 1 fully saturated rings. The van der Waals surface area contributed by atoms with E-state index in [0.29, 0.717) is 22.5 Å². The average Bonchev–Trinajstić information content (AvgIpc) is 3.68. The zero-order valence-corrected chi connectivity index (χ0v) is 21.5. The second-order valence-corrected chi connectivity index (χ2v) is 10.4. The molecule has 40 heavy (non-hydrogen) atoms.